The lowest BCUT2D eigenvalue weighted by atomic mass is 10.0. The van der Waals surface area contributed by atoms with E-state index in [0.29, 0.717) is 23.7 Å². The third kappa shape index (κ3) is 5.41. The molecule has 42 heavy (non-hydrogen) atoms. The Morgan fingerprint density at radius 3 is 2.71 bits per heavy atom. The third-order valence-electron chi connectivity index (χ3n) is 7.16. The van der Waals surface area contributed by atoms with E-state index in [9.17, 15) is 9.59 Å². The van der Waals surface area contributed by atoms with E-state index in [1.165, 1.54) is 6.33 Å². The molecular formula is C29H27ClN8O4. The van der Waals surface area contributed by atoms with Crippen molar-refractivity contribution in [3.05, 3.63) is 93.5 Å². The number of H-pyrrole nitrogens is 1. The molecule has 0 spiro atoms. The fourth-order valence-electron chi connectivity index (χ4n) is 5.23. The predicted octanol–water partition coefficient (Wildman–Crippen LogP) is 4.57. The molecule has 1 aliphatic heterocycles. The summed E-state index contributed by atoms with van der Waals surface area (Å²) in [5, 5.41) is 14.7. The Kier molecular flexibility index (Phi) is 7.55. The number of aryl methyl sites for hydroxylation is 2. The summed E-state index contributed by atoms with van der Waals surface area (Å²) in [4.78, 5) is 33.7. The van der Waals surface area contributed by atoms with Gasteiger partial charge in [0.1, 0.15) is 18.8 Å². The van der Waals surface area contributed by atoms with Crippen molar-refractivity contribution in [2.45, 2.75) is 25.8 Å². The average Bonchev–Trinajstić information content (AvgIpc) is 3.74. The highest BCUT2D eigenvalue weighted by molar-refractivity contribution is 6.31. The zero-order chi connectivity index (χ0) is 29.2. The molecule has 12 nitrogen and oxygen atoms in total. The summed E-state index contributed by atoms with van der Waals surface area (Å²) in [6.45, 7) is 2.43. The summed E-state index contributed by atoms with van der Waals surface area (Å²) in [5.41, 5.74) is 6.18. The number of pyridine rings is 1. The van der Waals surface area contributed by atoms with Crippen molar-refractivity contribution >= 4 is 23.4 Å². The number of nitrogens with one attached hydrogen (secondary N) is 2. The molecule has 0 unspecified atom stereocenters. The maximum Gasteiger partial charge on any atom is 0.411 e. The Balaban J connectivity index is 1.25. The number of carbonyl (C=O) groups is 1. The fourth-order valence-corrected chi connectivity index (χ4v) is 5.41. The first-order chi connectivity index (χ1) is 20.4. The number of anilines is 1. The van der Waals surface area contributed by atoms with Crippen molar-refractivity contribution in [3.8, 4) is 28.1 Å². The number of methoxy groups -OCH3 is 1. The second-order valence-corrected chi connectivity index (χ2v) is 10.3. The Hall–Kier alpha value is -4.81. The van der Waals surface area contributed by atoms with Crippen LogP contribution in [0.5, 0.6) is 0 Å². The Morgan fingerprint density at radius 1 is 1.12 bits per heavy atom. The number of halogens is 1. The van der Waals surface area contributed by atoms with E-state index in [-0.39, 0.29) is 18.2 Å². The summed E-state index contributed by atoms with van der Waals surface area (Å²) in [7, 11) is 1.54. The third-order valence-corrected chi connectivity index (χ3v) is 7.39. The summed E-state index contributed by atoms with van der Waals surface area (Å²) in [6.07, 6.45) is 2.40. The molecule has 0 saturated heterocycles. The van der Waals surface area contributed by atoms with Crippen molar-refractivity contribution in [3.63, 3.8) is 0 Å². The van der Waals surface area contributed by atoms with Gasteiger partial charge in [0.25, 0.3) is 5.56 Å². The standard InChI is InChI=1S/C29H27ClN8O4/c1-17-27(18-3-6-21(7-4-18)33-29(40)42-12-11-41-2)34-28(32-17)25-10-8-22-13-19(14-26(39)38(22)25)23-15-20(30)5-9-24(23)37-16-31-35-36-37/h3-7,9,13-16,25H,8,10-12H2,1-2H3,(H,32,34)(H,33,40)/t25-/m0/s1. The van der Waals surface area contributed by atoms with Gasteiger partial charge in [-0.2, -0.15) is 4.68 Å². The maximum atomic E-state index is 13.5. The monoisotopic (exact) mass is 586 g/mol. The molecule has 0 bridgehead atoms. The summed E-state index contributed by atoms with van der Waals surface area (Å²) < 4.78 is 13.3. The van der Waals surface area contributed by atoms with Crippen LogP contribution in [0.1, 0.15) is 29.7 Å². The van der Waals surface area contributed by atoms with Gasteiger partial charge < -0.3 is 19.0 Å². The average molecular weight is 587 g/mol. The van der Waals surface area contributed by atoms with Gasteiger partial charge in [-0.05, 0) is 77.7 Å². The van der Waals surface area contributed by atoms with E-state index in [1.807, 2.05) is 37.3 Å². The Labute approximate surface area is 245 Å². The van der Waals surface area contributed by atoms with Crippen molar-refractivity contribution in [2.75, 3.05) is 25.6 Å². The number of fused-ring (bicyclic) bond motifs is 1. The molecule has 2 N–H and O–H groups in total. The number of amides is 1. The van der Waals surface area contributed by atoms with E-state index in [4.69, 9.17) is 26.1 Å². The van der Waals surface area contributed by atoms with Gasteiger partial charge in [-0.1, -0.05) is 23.7 Å². The van der Waals surface area contributed by atoms with E-state index >= 15 is 0 Å². The molecule has 6 rings (SSSR count). The second kappa shape index (κ2) is 11.6. The van der Waals surface area contributed by atoms with Gasteiger partial charge in [0.15, 0.2) is 0 Å². The molecule has 1 atom stereocenters. The van der Waals surface area contributed by atoms with Crippen LogP contribution in [-0.4, -0.2) is 61.2 Å². The van der Waals surface area contributed by atoms with Crippen LogP contribution < -0.4 is 10.9 Å². The molecule has 1 amide bonds. The van der Waals surface area contributed by atoms with Crippen LogP contribution in [0.15, 0.2) is 65.7 Å². The van der Waals surface area contributed by atoms with Gasteiger partial charge in [0.2, 0.25) is 0 Å². The van der Waals surface area contributed by atoms with Gasteiger partial charge in [-0.25, -0.2) is 9.78 Å². The summed E-state index contributed by atoms with van der Waals surface area (Å²) in [5.74, 6) is 0.720. The normalized spacial score (nSPS) is 14.1. The largest absolute Gasteiger partial charge is 0.447 e. The van der Waals surface area contributed by atoms with Crippen molar-refractivity contribution in [2.24, 2.45) is 0 Å². The minimum atomic E-state index is -0.546. The van der Waals surface area contributed by atoms with Crippen LogP contribution in [0.25, 0.3) is 28.1 Å². The highest BCUT2D eigenvalue weighted by atomic mass is 35.5. The number of benzene rings is 2. The zero-order valence-corrected chi connectivity index (χ0v) is 23.6. The number of aromatic amines is 1. The van der Waals surface area contributed by atoms with Crippen LogP contribution in [0, 0.1) is 6.92 Å². The minimum absolute atomic E-state index is 0.129. The van der Waals surface area contributed by atoms with Crippen LogP contribution >= 0.6 is 11.6 Å². The molecule has 214 valence electrons. The summed E-state index contributed by atoms with van der Waals surface area (Å²) in [6, 6.07) is 16.2. The Bertz CT molecular complexity index is 1800. The first kappa shape index (κ1) is 27.4. The molecular weight excluding hydrogens is 560 g/mol. The number of imidazole rings is 1. The lowest BCUT2D eigenvalue weighted by molar-refractivity contribution is 0.107. The number of ether oxygens (including phenoxy) is 2. The second-order valence-electron chi connectivity index (χ2n) is 9.83. The first-order valence-electron chi connectivity index (χ1n) is 13.3. The fraction of sp³-hybridized carbons (Fsp3) is 0.241. The van der Waals surface area contributed by atoms with Crippen molar-refractivity contribution < 1.29 is 14.3 Å². The molecule has 5 aromatic rings. The number of tetrazole rings is 1. The molecule has 4 heterocycles. The zero-order valence-electron chi connectivity index (χ0n) is 22.9. The number of hydrogen-bond donors (Lipinski definition) is 2. The lowest BCUT2D eigenvalue weighted by Crippen LogP contribution is -2.24. The number of hydrogen-bond acceptors (Lipinski definition) is 8. The minimum Gasteiger partial charge on any atom is -0.447 e. The molecule has 0 saturated carbocycles. The highest BCUT2D eigenvalue weighted by Gasteiger charge is 2.29. The number of carbonyl (C=O) groups excluding carboxylic acids is 1. The number of rotatable bonds is 8. The van der Waals surface area contributed by atoms with Gasteiger partial charge in [-0.3, -0.25) is 10.1 Å². The molecule has 0 fully saturated rings. The van der Waals surface area contributed by atoms with Crippen LogP contribution in [0.3, 0.4) is 0 Å². The smallest absolute Gasteiger partial charge is 0.411 e. The van der Waals surface area contributed by atoms with Gasteiger partial charge in [0.05, 0.1) is 29.7 Å². The van der Waals surface area contributed by atoms with Crippen molar-refractivity contribution in [1.82, 2.24) is 34.7 Å². The van der Waals surface area contributed by atoms with Crippen LogP contribution in [0.4, 0.5) is 10.5 Å². The summed E-state index contributed by atoms with van der Waals surface area (Å²) >= 11 is 6.33. The van der Waals surface area contributed by atoms with Gasteiger partial charge >= 0.3 is 6.09 Å². The van der Waals surface area contributed by atoms with E-state index in [2.05, 4.69) is 25.8 Å². The molecule has 0 aliphatic carbocycles. The lowest BCUT2D eigenvalue weighted by Gasteiger charge is -2.15. The SMILES string of the molecule is COCCOC(=O)Nc1ccc(-c2[nH]c([C@@H]3CCc4cc(-c5cc(Cl)ccc5-n5cnnn5)cc(=O)n43)nc2C)cc1. The van der Waals surface area contributed by atoms with Crippen LogP contribution in [0.2, 0.25) is 5.02 Å². The van der Waals surface area contributed by atoms with Gasteiger partial charge in [0, 0.05) is 35.1 Å². The number of nitrogens with zero attached hydrogens (tertiary/aromatic N) is 6. The van der Waals surface area contributed by atoms with Gasteiger partial charge in [-0.15, -0.1) is 5.10 Å². The topological polar surface area (TPSA) is 142 Å². The maximum absolute atomic E-state index is 13.5. The Morgan fingerprint density at radius 2 is 1.95 bits per heavy atom. The van der Waals surface area contributed by atoms with E-state index in [0.717, 1.165) is 51.7 Å². The van der Waals surface area contributed by atoms with Crippen LogP contribution in [-0.2, 0) is 15.9 Å². The van der Waals surface area contributed by atoms with Crippen molar-refractivity contribution in [1.29, 1.82) is 0 Å². The van der Waals surface area contributed by atoms with E-state index < -0.39 is 6.09 Å². The first-order valence-corrected chi connectivity index (χ1v) is 13.7. The molecule has 13 heteroatoms. The number of aromatic nitrogens is 7. The molecule has 2 aromatic carbocycles. The molecule has 3 aromatic heterocycles. The molecule has 1 aliphatic rings. The molecule has 0 radical (unpaired) electrons. The van der Waals surface area contributed by atoms with E-state index in [1.54, 1.807) is 40.6 Å². The predicted molar refractivity (Wildman–Crippen MR) is 156 cm³/mol. The quantitative estimate of drug-likeness (QED) is 0.252. The highest BCUT2D eigenvalue weighted by Crippen LogP contribution is 2.35.